The van der Waals surface area contributed by atoms with Crippen LogP contribution < -0.4 is 15.9 Å². The molecule has 38 heavy (non-hydrogen) atoms. The predicted octanol–water partition coefficient (Wildman–Crippen LogP) is 5.35. The molecule has 0 saturated carbocycles. The zero-order chi connectivity index (χ0) is 27.2. The smallest absolute Gasteiger partial charge is 0.116 e. The van der Waals surface area contributed by atoms with Crippen molar-refractivity contribution in [1.82, 2.24) is 25.1 Å². The second kappa shape index (κ2) is 11.8. The molecule has 6 heteroatoms. The van der Waals surface area contributed by atoms with Crippen LogP contribution in [0.25, 0.3) is 35.2 Å². The number of rotatable bonds is 10. The van der Waals surface area contributed by atoms with Gasteiger partial charge in [0.15, 0.2) is 0 Å². The number of aryl methyl sites for hydroxylation is 1. The summed E-state index contributed by atoms with van der Waals surface area (Å²) in [6.45, 7) is 17.2. The van der Waals surface area contributed by atoms with E-state index in [1.54, 1.807) is 6.20 Å². The average Bonchev–Trinajstić information content (AvgIpc) is 3.61. The van der Waals surface area contributed by atoms with E-state index < -0.39 is 0 Å². The van der Waals surface area contributed by atoms with Gasteiger partial charge in [-0.05, 0) is 74.9 Å². The van der Waals surface area contributed by atoms with Crippen molar-refractivity contribution in [2.24, 2.45) is 0 Å². The maximum absolute atomic E-state index is 4.58. The van der Waals surface area contributed by atoms with Crippen molar-refractivity contribution in [2.75, 3.05) is 26.0 Å². The maximum Gasteiger partial charge on any atom is 0.116 e. The Morgan fingerprint density at radius 1 is 1.21 bits per heavy atom. The highest BCUT2D eigenvalue weighted by molar-refractivity contribution is 5.86. The van der Waals surface area contributed by atoms with E-state index in [4.69, 9.17) is 0 Å². The van der Waals surface area contributed by atoms with Crippen molar-refractivity contribution in [3.8, 4) is 11.4 Å². The number of hydrogen-bond donors (Lipinski definition) is 3. The van der Waals surface area contributed by atoms with Gasteiger partial charge in [0.2, 0.25) is 0 Å². The first kappa shape index (κ1) is 26.6. The fourth-order valence-electron chi connectivity index (χ4n) is 4.48. The molecule has 0 aliphatic heterocycles. The lowest BCUT2D eigenvalue weighted by atomic mass is 9.98. The van der Waals surface area contributed by atoms with Crippen LogP contribution in [0.2, 0.25) is 0 Å². The van der Waals surface area contributed by atoms with Gasteiger partial charge in [0.1, 0.15) is 5.69 Å². The second-order valence-corrected chi connectivity index (χ2v) is 9.74. The zero-order valence-electron chi connectivity index (χ0n) is 22.7. The molecule has 0 amide bonds. The van der Waals surface area contributed by atoms with Crippen molar-refractivity contribution in [2.45, 2.75) is 20.3 Å². The summed E-state index contributed by atoms with van der Waals surface area (Å²) >= 11 is 0. The number of nitrogens with one attached hydrogen (secondary N) is 3. The van der Waals surface area contributed by atoms with Gasteiger partial charge in [0.05, 0.1) is 22.9 Å². The Kier molecular flexibility index (Phi) is 8.24. The zero-order valence-corrected chi connectivity index (χ0v) is 22.7. The van der Waals surface area contributed by atoms with E-state index in [2.05, 4.69) is 106 Å². The molecular weight excluding hydrogens is 468 g/mol. The molecule has 0 spiro atoms. The third kappa shape index (κ3) is 6.10. The highest BCUT2D eigenvalue weighted by Gasteiger charge is 2.15. The number of pyridine rings is 1. The molecular formula is C32H36N6. The van der Waals surface area contributed by atoms with Gasteiger partial charge >= 0.3 is 0 Å². The number of aromatic nitrogens is 4. The summed E-state index contributed by atoms with van der Waals surface area (Å²) in [6, 6.07) is 4.21. The molecule has 1 aliphatic rings. The van der Waals surface area contributed by atoms with Gasteiger partial charge in [-0.3, -0.25) is 10.1 Å². The van der Waals surface area contributed by atoms with Crippen LogP contribution in [-0.2, 0) is 0 Å². The molecule has 3 N–H and O–H groups in total. The van der Waals surface area contributed by atoms with Crippen molar-refractivity contribution in [3.63, 3.8) is 0 Å². The molecule has 0 aromatic carbocycles. The van der Waals surface area contributed by atoms with Crippen molar-refractivity contribution < 1.29 is 0 Å². The van der Waals surface area contributed by atoms with E-state index in [0.717, 1.165) is 74.3 Å². The van der Waals surface area contributed by atoms with Crippen molar-refractivity contribution in [1.29, 1.82) is 0 Å². The summed E-state index contributed by atoms with van der Waals surface area (Å²) in [5.41, 5.74) is 10.2. The van der Waals surface area contributed by atoms with E-state index in [-0.39, 0.29) is 0 Å². The van der Waals surface area contributed by atoms with Gasteiger partial charge in [-0.25, -0.2) is 0 Å². The molecule has 0 radical (unpaired) electrons. The number of nitrogens with zero attached hydrogens (tertiary/aromatic N) is 3. The Bertz CT molecular complexity index is 1590. The minimum absolute atomic E-state index is 0.754. The number of hydrogen-bond acceptors (Lipinski definition) is 4. The minimum atomic E-state index is 0.754. The summed E-state index contributed by atoms with van der Waals surface area (Å²) < 4.78 is 0. The van der Waals surface area contributed by atoms with Crippen LogP contribution in [0.4, 0.5) is 5.69 Å². The van der Waals surface area contributed by atoms with Crippen LogP contribution in [0.5, 0.6) is 0 Å². The Labute approximate surface area is 224 Å². The largest absolute Gasteiger partial charge is 0.357 e. The Hall–Kier alpha value is -4.42. The Morgan fingerprint density at radius 2 is 2.03 bits per heavy atom. The third-order valence-corrected chi connectivity index (χ3v) is 6.35. The quantitative estimate of drug-likeness (QED) is 0.326. The highest BCUT2D eigenvalue weighted by atomic mass is 15.1. The normalized spacial score (nSPS) is 14.3. The lowest BCUT2D eigenvalue weighted by molar-refractivity contribution is 0.447. The van der Waals surface area contributed by atoms with Crippen LogP contribution in [-0.4, -0.2) is 45.7 Å². The van der Waals surface area contributed by atoms with Gasteiger partial charge < -0.3 is 15.2 Å². The molecule has 3 heterocycles. The number of H-pyrrole nitrogens is 2. The van der Waals surface area contributed by atoms with Crippen molar-refractivity contribution >= 4 is 29.5 Å². The highest BCUT2D eigenvalue weighted by Crippen LogP contribution is 2.32. The Morgan fingerprint density at radius 3 is 2.74 bits per heavy atom. The summed E-state index contributed by atoms with van der Waals surface area (Å²) in [7, 11) is 4.03. The molecule has 0 atom stereocenters. The van der Waals surface area contributed by atoms with Crippen LogP contribution in [0.15, 0.2) is 85.4 Å². The van der Waals surface area contributed by atoms with E-state index in [1.165, 1.54) is 5.57 Å². The molecule has 6 nitrogen and oxygen atoms in total. The number of anilines is 1. The fraction of sp³-hybridized carbons (Fsp3) is 0.188. The summed E-state index contributed by atoms with van der Waals surface area (Å²) in [6.07, 6.45) is 19.1. The minimum Gasteiger partial charge on any atom is -0.357 e. The van der Waals surface area contributed by atoms with Gasteiger partial charge in [-0.2, -0.15) is 5.10 Å². The molecule has 0 bridgehead atoms. The van der Waals surface area contributed by atoms with Crippen LogP contribution in [0.3, 0.4) is 0 Å². The lowest BCUT2D eigenvalue weighted by Crippen LogP contribution is -2.21. The molecule has 194 valence electrons. The first-order valence-corrected chi connectivity index (χ1v) is 12.6. The lowest BCUT2D eigenvalue weighted by Gasteiger charge is -2.14. The fourth-order valence-corrected chi connectivity index (χ4v) is 4.48. The van der Waals surface area contributed by atoms with Gasteiger partial charge in [0, 0.05) is 34.9 Å². The molecule has 0 unspecified atom stereocenters. The first-order valence-electron chi connectivity index (χ1n) is 12.6. The number of aromatic amines is 2. The summed E-state index contributed by atoms with van der Waals surface area (Å²) in [5, 5.41) is 12.8. The summed E-state index contributed by atoms with van der Waals surface area (Å²) in [4.78, 5) is 9.96. The van der Waals surface area contributed by atoms with Gasteiger partial charge in [-0.1, -0.05) is 56.2 Å². The molecule has 3 aromatic rings. The Balaban J connectivity index is 1.59. The molecule has 1 aliphatic carbocycles. The monoisotopic (exact) mass is 504 g/mol. The first-order chi connectivity index (χ1) is 18.3. The number of allylic oxidation sites excluding steroid dienone is 9. The topological polar surface area (TPSA) is 72.6 Å². The van der Waals surface area contributed by atoms with Gasteiger partial charge in [-0.15, -0.1) is 0 Å². The van der Waals surface area contributed by atoms with Gasteiger partial charge in [0.25, 0.3) is 0 Å². The predicted molar refractivity (Wildman–Crippen MR) is 162 cm³/mol. The average molecular weight is 505 g/mol. The van der Waals surface area contributed by atoms with E-state index in [9.17, 15) is 0 Å². The van der Waals surface area contributed by atoms with Crippen LogP contribution in [0.1, 0.15) is 30.2 Å². The third-order valence-electron chi connectivity index (χ3n) is 6.35. The standard InChI is InChI=1S/C32H36N6/c1-8-11-28(25-12-9-10-13-25)29-17-31(35-24(29)5)32-23(4)30(36-37-32)15-14-21(2)26-16-27(19-33-18-26)34-22(3)20-38(6)7/h8-9,11-19,34-36H,1,3-4,10,20H2,2,5-7H3/b21-14+,28-11-,30-15+. The van der Waals surface area contributed by atoms with E-state index in [1.807, 2.05) is 32.4 Å². The summed E-state index contributed by atoms with van der Waals surface area (Å²) in [5.74, 6) is 0. The SMILES string of the molecule is C=C/C=C(/C1=CCC=C1)c1cc(-c2n[nH]/c(=C/C=C(\C)c3cncc(NC(=C)CN(C)C)c3)c2=C)[nH]c1C. The molecule has 3 aromatic heterocycles. The van der Waals surface area contributed by atoms with E-state index in [0.29, 0.717) is 0 Å². The maximum atomic E-state index is 4.58. The molecule has 0 saturated heterocycles. The molecule has 0 fully saturated rings. The van der Waals surface area contributed by atoms with Crippen LogP contribution in [0, 0.1) is 6.92 Å². The second-order valence-electron chi connectivity index (χ2n) is 9.74. The van der Waals surface area contributed by atoms with Crippen molar-refractivity contribution in [3.05, 3.63) is 113 Å². The molecule has 4 rings (SSSR count). The van der Waals surface area contributed by atoms with Crippen LogP contribution >= 0.6 is 0 Å². The number of likely N-dealkylation sites (N-methyl/N-ethyl adjacent to an activating group) is 1. The van der Waals surface area contributed by atoms with E-state index >= 15 is 0 Å².